The Morgan fingerprint density at radius 1 is 1.19 bits per heavy atom. The summed E-state index contributed by atoms with van der Waals surface area (Å²) in [6.45, 7) is 4.21. The number of aryl methyl sites for hydroxylation is 1. The van der Waals surface area contributed by atoms with Crippen molar-refractivity contribution in [3.63, 3.8) is 0 Å². The zero-order chi connectivity index (χ0) is 22.8. The number of sulfonamides is 1. The first kappa shape index (κ1) is 22.8. The molecule has 2 aromatic carbocycles. The standard InChI is InChI=1S/C21H25N3O5S2/c1-5-17(24(31(4,27)28)15-8-10-16(29-3)11-9-15)20(25)22-14-7-12-18-19(13-14)30-21(26)23(18)6-2/h7-13,17H,5-6H2,1-4H3,(H,22,25). The van der Waals surface area contributed by atoms with Crippen molar-refractivity contribution in [1.29, 1.82) is 0 Å². The number of amides is 1. The molecule has 1 unspecified atom stereocenters. The quantitative estimate of drug-likeness (QED) is 0.553. The minimum atomic E-state index is -3.74. The molecule has 166 valence electrons. The number of nitrogens with zero attached hydrogens (tertiary/aromatic N) is 2. The summed E-state index contributed by atoms with van der Waals surface area (Å²) < 4.78 is 33.8. The van der Waals surface area contributed by atoms with E-state index in [-0.39, 0.29) is 11.3 Å². The van der Waals surface area contributed by atoms with Crippen LogP contribution in [0, 0.1) is 0 Å². The SMILES string of the molecule is CCC(C(=O)Nc1ccc2c(c1)sc(=O)n2CC)N(c1ccc(OC)cc1)S(C)(=O)=O. The summed E-state index contributed by atoms with van der Waals surface area (Å²) in [6.07, 6.45) is 1.34. The Bertz CT molecular complexity index is 1250. The van der Waals surface area contributed by atoms with Crippen LogP contribution in [-0.4, -0.2) is 38.3 Å². The van der Waals surface area contributed by atoms with Crippen LogP contribution in [0.1, 0.15) is 20.3 Å². The van der Waals surface area contributed by atoms with Crippen LogP contribution in [0.2, 0.25) is 0 Å². The lowest BCUT2D eigenvalue weighted by molar-refractivity contribution is -0.117. The van der Waals surface area contributed by atoms with Gasteiger partial charge in [-0.05, 0) is 55.8 Å². The molecule has 31 heavy (non-hydrogen) atoms. The van der Waals surface area contributed by atoms with Crippen LogP contribution in [0.5, 0.6) is 5.75 Å². The number of carbonyl (C=O) groups is 1. The van der Waals surface area contributed by atoms with Gasteiger partial charge < -0.3 is 10.1 Å². The Hall–Kier alpha value is -2.85. The second-order valence-corrected chi connectivity index (χ2v) is 9.82. The minimum Gasteiger partial charge on any atom is -0.497 e. The highest BCUT2D eigenvalue weighted by Crippen LogP contribution is 2.27. The number of fused-ring (bicyclic) bond motifs is 1. The number of hydrogen-bond acceptors (Lipinski definition) is 6. The van der Waals surface area contributed by atoms with Crippen LogP contribution in [0.15, 0.2) is 47.3 Å². The van der Waals surface area contributed by atoms with E-state index in [0.717, 1.165) is 32.1 Å². The van der Waals surface area contributed by atoms with Crippen LogP contribution in [0.3, 0.4) is 0 Å². The molecular formula is C21H25N3O5S2. The molecule has 1 atom stereocenters. The monoisotopic (exact) mass is 463 g/mol. The lowest BCUT2D eigenvalue weighted by atomic mass is 10.1. The number of anilines is 2. The molecule has 0 spiro atoms. The molecule has 8 nitrogen and oxygen atoms in total. The molecule has 0 bridgehead atoms. The highest BCUT2D eigenvalue weighted by atomic mass is 32.2. The van der Waals surface area contributed by atoms with E-state index in [2.05, 4.69) is 5.32 Å². The Morgan fingerprint density at radius 2 is 1.87 bits per heavy atom. The van der Waals surface area contributed by atoms with Gasteiger partial charge in [0.25, 0.3) is 0 Å². The van der Waals surface area contributed by atoms with Gasteiger partial charge in [-0.1, -0.05) is 18.3 Å². The topological polar surface area (TPSA) is 97.7 Å². The molecule has 3 aromatic rings. The molecule has 0 fully saturated rings. The van der Waals surface area contributed by atoms with Gasteiger partial charge in [0, 0.05) is 12.2 Å². The van der Waals surface area contributed by atoms with E-state index in [9.17, 15) is 18.0 Å². The molecule has 0 saturated heterocycles. The van der Waals surface area contributed by atoms with Gasteiger partial charge in [0.1, 0.15) is 11.8 Å². The Balaban J connectivity index is 1.92. The second-order valence-electron chi connectivity index (χ2n) is 6.96. The van der Waals surface area contributed by atoms with Gasteiger partial charge in [0.05, 0.1) is 29.3 Å². The average molecular weight is 464 g/mol. The molecule has 0 radical (unpaired) electrons. The Morgan fingerprint density at radius 3 is 2.42 bits per heavy atom. The predicted molar refractivity (Wildman–Crippen MR) is 125 cm³/mol. The molecule has 0 saturated carbocycles. The lowest BCUT2D eigenvalue weighted by Gasteiger charge is -2.30. The van der Waals surface area contributed by atoms with Crippen LogP contribution >= 0.6 is 11.3 Å². The second kappa shape index (κ2) is 9.11. The minimum absolute atomic E-state index is 0.0600. The first-order valence-corrected chi connectivity index (χ1v) is 12.4. The summed E-state index contributed by atoms with van der Waals surface area (Å²) in [5.41, 5.74) is 1.68. The summed E-state index contributed by atoms with van der Waals surface area (Å²) in [4.78, 5) is 25.1. The van der Waals surface area contributed by atoms with Gasteiger partial charge in [-0.3, -0.25) is 18.5 Å². The van der Waals surface area contributed by atoms with Gasteiger partial charge >= 0.3 is 4.87 Å². The Kier molecular flexibility index (Phi) is 6.71. The maximum absolute atomic E-state index is 13.1. The van der Waals surface area contributed by atoms with Gasteiger partial charge in [0.15, 0.2) is 0 Å². The van der Waals surface area contributed by atoms with E-state index < -0.39 is 22.0 Å². The number of carbonyl (C=O) groups excluding carboxylic acids is 1. The molecule has 3 rings (SSSR count). The number of aromatic nitrogens is 1. The smallest absolute Gasteiger partial charge is 0.308 e. The molecule has 10 heteroatoms. The van der Waals surface area contributed by atoms with Crippen molar-refractivity contribution >= 4 is 48.9 Å². The van der Waals surface area contributed by atoms with E-state index in [0.29, 0.717) is 23.7 Å². The third-order valence-corrected chi connectivity index (χ3v) is 7.03. The van der Waals surface area contributed by atoms with E-state index in [1.807, 2.05) is 6.92 Å². The third kappa shape index (κ3) is 4.75. The summed E-state index contributed by atoms with van der Waals surface area (Å²) in [7, 11) is -2.22. The first-order chi connectivity index (χ1) is 14.7. The highest BCUT2D eigenvalue weighted by Gasteiger charge is 2.31. The fourth-order valence-corrected chi connectivity index (χ4v) is 5.66. The van der Waals surface area contributed by atoms with Crippen molar-refractivity contribution in [3.05, 3.63) is 52.1 Å². The molecular weight excluding hydrogens is 438 g/mol. The van der Waals surface area contributed by atoms with Crippen LogP contribution in [-0.2, 0) is 21.4 Å². The zero-order valence-electron chi connectivity index (χ0n) is 17.8. The van der Waals surface area contributed by atoms with Crippen molar-refractivity contribution in [2.75, 3.05) is 23.0 Å². The largest absolute Gasteiger partial charge is 0.497 e. The molecule has 0 aliphatic heterocycles. The van der Waals surface area contributed by atoms with Gasteiger partial charge in [-0.2, -0.15) is 0 Å². The number of ether oxygens (including phenoxy) is 1. The number of rotatable bonds is 8. The maximum Gasteiger partial charge on any atom is 0.308 e. The normalized spacial score (nSPS) is 12.5. The van der Waals surface area contributed by atoms with Crippen LogP contribution in [0.4, 0.5) is 11.4 Å². The van der Waals surface area contributed by atoms with E-state index in [1.165, 1.54) is 7.11 Å². The van der Waals surface area contributed by atoms with Crippen molar-refractivity contribution in [2.45, 2.75) is 32.9 Å². The molecule has 1 amide bonds. The number of hydrogen-bond donors (Lipinski definition) is 1. The van der Waals surface area contributed by atoms with E-state index in [1.54, 1.807) is 54.0 Å². The van der Waals surface area contributed by atoms with Gasteiger partial charge in [0.2, 0.25) is 15.9 Å². The lowest BCUT2D eigenvalue weighted by Crippen LogP contribution is -2.46. The molecule has 1 aromatic heterocycles. The molecule has 1 N–H and O–H groups in total. The molecule has 0 aliphatic carbocycles. The van der Waals surface area contributed by atoms with Crippen LogP contribution in [0.25, 0.3) is 10.2 Å². The molecule has 1 heterocycles. The fourth-order valence-electron chi connectivity index (χ4n) is 3.46. The fraction of sp³-hybridized carbons (Fsp3) is 0.333. The number of benzene rings is 2. The summed E-state index contributed by atoms with van der Waals surface area (Å²) in [5.74, 6) is 0.131. The highest BCUT2D eigenvalue weighted by molar-refractivity contribution is 7.92. The summed E-state index contributed by atoms with van der Waals surface area (Å²) >= 11 is 1.11. The average Bonchev–Trinajstić information content (AvgIpc) is 3.05. The van der Waals surface area contributed by atoms with E-state index >= 15 is 0 Å². The Labute approximate surface area is 185 Å². The van der Waals surface area contributed by atoms with Crippen molar-refractivity contribution < 1.29 is 17.9 Å². The number of methoxy groups -OCH3 is 1. The number of nitrogens with one attached hydrogen (secondary N) is 1. The van der Waals surface area contributed by atoms with Crippen molar-refractivity contribution in [1.82, 2.24) is 4.57 Å². The predicted octanol–water partition coefficient (Wildman–Crippen LogP) is 3.27. The first-order valence-electron chi connectivity index (χ1n) is 9.77. The van der Waals surface area contributed by atoms with Crippen molar-refractivity contribution in [2.24, 2.45) is 0 Å². The van der Waals surface area contributed by atoms with Gasteiger partial charge in [-0.15, -0.1) is 0 Å². The third-order valence-electron chi connectivity index (χ3n) is 4.91. The van der Waals surface area contributed by atoms with E-state index in [4.69, 9.17) is 4.74 Å². The summed E-state index contributed by atoms with van der Waals surface area (Å²) in [6, 6.07) is 10.8. The number of thiazole rings is 1. The zero-order valence-corrected chi connectivity index (χ0v) is 19.4. The van der Waals surface area contributed by atoms with Gasteiger partial charge in [-0.25, -0.2) is 8.42 Å². The summed E-state index contributed by atoms with van der Waals surface area (Å²) in [5, 5.41) is 2.80. The molecule has 0 aliphatic rings. The maximum atomic E-state index is 13.1. The van der Waals surface area contributed by atoms with Crippen LogP contribution < -0.4 is 19.2 Å². The van der Waals surface area contributed by atoms with Crippen molar-refractivity contribution in [3.8, 4) is 5.75 Å².